The van der Waals surface area contributed by atoms with Gasteiger partial charge in [-0.2, -0.15) is 0 Å². The summed E-state index contributed by atoms with van der Waals surface area (Å²) >= 11 is 0. The molecule has 7 heteroatoms. The zero-order chi connectivity index (χ0) is 18.4. The molecule has 1 saturated carbocycles. The van der Waals surface area contributed by atoms with Gasteiger partial charge in [-0.15, -0.1) is 0 Å². The maximum absolute atomic E-state index is 14.6. The van der Waals surface area contributed by atoms with Crippen molar-refractivity contribution in [1.29, 1.82) is 0 Å². The predicted octanol–water partition coefficient (Wildman–Crippen LogP) is 2.60. The molecule has 1 aromatic carbocycles. The van der Waals surface area contributed by atoms with Gasteiger partial charge < -0.3 is 14.8 Å². The zero-order valence-corrected chi connectivity index (χ0v) is 14.1. The number of cyclic esters (lactones) is 1. The molecular weight excluding hydrogens is 344 g/mol. The van der Waals surface area contributed by atoms with Gasteiger partial charge >= 0.3 is 11.9 Å². The lowest BCUT2D eigenvalue weighted by Crippen LogP contribution is -2.32. The van der Waals surface area contributed by atoms with E-state index in [0.29, 0.717) is 16.8 Å². The van der Waals surface area contributed by atoms with E-state index in [0.717, 1.165) is 12.8 Å². The highest BCUT2D eigenvalue weighted by molar-refractivity contribution is 6.01. The number of hydrogen-bond donors (Lipinski definition) is 1. The van der Waals surface area contributed by atoms with Crippen LogP contribution in [0, 0.1) is 5.82 Å². The third-order valence-corrected chi connectivity index (χ3v) is 5.02. The molecule has 5 nitrogen and oxygen atoms in total. The van der Waals surface area contributed by atoms with Crippen LogP contribution in [0.1, 0.15) is 35.8 Å². The monoisotopic (exact) mass is 361 g/mol. The number of carbonyl (C=O) groups excluding carboxylic acids is 2. The van der Waals surface area contributed by atoms with Gasteiger partial charge in [0, 0.05) is 0 Å². The Hall–Kier alpha value is -2.70. The third-order valence-electron chi connectivity index (χ3n) is 5.02. The minimum absolute atomic E-state index is 0.0138. The average molecular weight is 361 g/mol. The lowest BCUT2D eigenvalue weighted by Gasteiger charge is -2.29. The second-order valence-electron chi connectivity index (χ2n) is 6.56. The second kappa shape index (κ2) is 6.23. The number of benzene rings is 1. The molecule has 0 spiro atoms. The lowest BCUT2D eigenvalue weighted by atomic mass is 9.78. The Bertz CT molecular complexity index is 870. The molecule has 1 N–H and O–H groups in total. The standard InChI is InChI=1S/C19H17F2NO4/c1-25-18(23)16-12(7-20)22-13-8-26-19(24)17(13)15(16)10-3-2-4-11(21)14(10)9-5-6-9/h2-4,9,15,22H,5-8H2,1H3. The van der Waals surface area contributed by atoms with Gasteiger partial charge in [-0.3, -0.25) is 0 Å². The molecule has 0 amide bonds. The van der Waals surface area contributed by atoms with Crippen molar-refractivity contribution in [3.63, 3.8) is 0 Å². The fraction of sp³-hybridized carbons (Fsp3) is 0.368. The number of carbonyl (C=O) groups is 2. The van der Waals surface area contributed by atoms with Crippen LogP contribution >= 0.6 is 0 Å². The van der Waals surface area contributed by atoms with Gasteiger partial charge in [0.25, 0.3) is 0 Å². The molecule has 1 fully saturated rings. The highest BCUT2D eigenvalue weighted by atomic mass is 19.1. The summed E-state index contributed by atoms with van der Waals surface area (Å²) in [7, 11) is 1.19. The normalized spacial score (nSPS) is 22.1. The number of halogens is 2. The summed E-state index contributed by atoms with van der Waals surface area (Å²) < 4.78 is 38.2. The Balaban J connectivity index is 1.96. The quantitative estimate of drug-likeness (QED) is 0.835. The first-order valence-corrected chi connectivity index (χ1v) is 8.39. The molecule has 0 saturated heterocycles. The summed E-state index contributed by atoms with van der Waals surface area (Å²) in [6, 6.07) is 4.57. The Morgan fingerprint density at radius 1 is 1.38 bits per heavy atom. The van der Waals surface area contributed by atoms with Crippen LogP contribution in [0.15, 0.2) is 40.7 Å². The first kappa shape index (κ1) is 16.8. The number of methoxy groups -OCH3 is 1. The number of esters is 2. The summed E-state index contributed by atoms with van der Waals surface area (Å²) in [6.45, 7) is -0.976. The molecule has 1 unspecified atom stereocenters. The minimum Gasteiger partial charge on any atom is -0.466 e. The van der Waals surface area contributed by atoms with Crippen LogP contribution in [0.5, 0.6) is 0 Å². The first-order chi connectivity index (χ1) is 12.6. The van der Waals surface area contributed by atoms with Gasteiger partial charge in [0.05, 0.1) is 35.6 Å². The van der Waals surface area contributed by atoms with E-state index < -0.39 is 24.5 Å². The van der Waals surface area contributed by atoms with Crippen LogP contribution in [0.4, 0.5) is 8.78 Å². The summed E-state index contributed by atoms with van der Waals surface area (Å²) in [5.74, 6) is -2.61. The van der Waals surface area contributed by atoms with Crippen LogP contribution < -0.4 is 5.32 Å². The third kappa shape index (κ3) is 2.50. The molecule has 0 bridgehead atoms. The maximum Gasteiger partial charge on any atom is 0.337 e. The van der Waals surface area contributed by atoms with Crippen LogP contribution in [-0.2, 0) is 19.1 Å². The van der Waals surface area contributed by atoms with Gasteiger partial charge in [-0.05, 0) is 36.0 Å². The molecule has 4 rings (SSSR count). The van der Waals surface area contributed by atoms with Gasteiger partial charge in [0.15, 0.2) is 0 Å². The maximum atomic E-state index is 14.6. The fourth-order valence-electron chi connectivity index (χ4n) is 3.76. The number of hydrogen-bond acceptors (Lipinski definition) is 5. The van der Waals surface area contributed by atoms with Gasteiger partial charge in [-0.25, -0.2) is 18.4 Å². The highest BCUT2D eigenvalue weighted by Gasteiger charge is 2.45. The molecular formula is C19H17F2NO4. The largest absolute Gasteiger partial charge is 0.466 e. The van der Waals surface area contributed by atoms with E-state index in [2.05, 4.69) is 5.32 Å². The van der Waals surface area contributed by atoms with Crippen molar-refractivity contribution < 1.29 is 27.8 Å². The summed E-state index contributed by atoms with van der Waals surface area (Å²) in [5, 5.41) is 2.78. The van der Waals surface area contributed by atoms with E-state index in [1.165, 1.54) is 19.2 Å². The Kier molecular flexibility index (Phi) is 4.01. The van der Waals surface area contributed by atoms with E-state index in [4.69, 9.17) is 9.47 Å². The van der Waals surface area contributed by atoms with Gasteiger partial charge in [-0.1, -0.05) is 12.1 Å². The molecule has 1 atom stereocenters. The average Bonchev–Trinajstić information content (AvgIpc) is 3.42. The Morgan fingerprint density at radius 3 is 2.81 bits per heavy atom. The van der Waals surface area contributed by atoms with E-state index in [9.17, 15) is 18.4 Å². The SMILES string of the molecule is COC(=O)C1=C(CF)NC2=C(C(=O)OC2)C1c1cccc(F)c1C1CC1. The van der Waals surface area contributed by atoms with E-state index in [-0.39, 0.29) is 35.2 Å². The topological polar surface area (TPSA) is 64.6 Å². The van der Waals surface area contributed by atoms with Crippen LogP contribution in [-0.4, -0.2) is 32.3 Å². The number of nitrogens with one attached hydrogen (secondary N) is 1. The predicted molar refractivity (Wildman–Crippen MR) is 87.3 cm³/mol. The Morgan fingerprint density at radius 2 is 2.15 bits per heavy atom. The lowest BCUT2D eigenvalue weighted by molar-refractivity contribution is -0.136. The molecule has 3 aliphatic rings. The van der Waals surface area contributed by atoms with E-state index in [1.807, 2.05) is 0 Å². The molecule has 0 aromatic heterocycles. The van der Waals surface area contributed by atoms with Gasteiger partial charge in [0.2, 0.25) is 0 Å². The van der Waals surface area contributed by atoms with E-state index >= 15 is 0 Å². The molecule has 26 heavy (non-hydrogen) atoms. The van der Waals surface area contributed by atoms with Gasteiger partial charge in [0.1, 0.15) is 19.1 Å². The summed E-state index contributed by atoms with van der Waals surface area (Å²) in [5.41, 5.74) is 1.60. The highest BCUT2D eigenvalue weighted by Crippen LogP contribution is 2.49. The van der Waals surface area contributed by atoms with Crippen molar-refractivity contribution in [2.75, 3.05) is 20.4 Å². The number of allylic oxidation sites excluding steroid dienone is 1. The number of dihydropyridines is 1. The van der Waals surface area contributed by atoms with Crippen molar-refractivity contribution in [1.82, 2.24) is 5.32 Å². The molecule has 136 valence electrons. The molecule has 1 aromatic rings. The molecule has 1 aliphatic carbocycles. The smallest absolute Gasteiger partial charge is 0.337 e. The fourth-order valence-corrected chi connectivity index (χ4v) is 3.76. The van der Waals surface area contributed by atoms with Crippen molar-refractivity contribution in [2.45, 2.75) is 24.7 Å². The zero-order valence-electron chi connectivity index (χ0n) is 14.1. The van der Waals surface area contributed by atoms with Crippen LogP contribution in [0.2, 0.25) is 0 Å². The van der Waals surface area contributed by atoms with Crippen molar-refractivity contribution in [3.8, 4) is 0 Å². The molecule has 2 heterocycles. The van der Waals surface area contributed by atoms with Crippen molar-refractivity contribution >= 4 is 11.9 Å². The van der Waals surface area contributed by atoms with Crippen molar-refractivity contribution in [3.05, 3.63) is 57.7 Å². The molecule has 0 radical (unpaired) electrons. The summed E-state index contributed by atoms with van der Waals surface area (Å²) in [6.07, 6.45) is 1.67. The Labute approximate surface area is 148 Å². The summed E-state index contributed by atoms with van der Waals surface area (Å²) in [4.78, 5) is 24.8. The number of alkyl halides is 1. The first-order valence-electron chi connectivity index (χ1n) is 8.39. The molecule has 2 aliphatic heterocycles. The number of rotatable bonds is 4. The van der Waals surface area contributed by atoms with Crippen molar-refractivity contribution in [2.24, 2.45) is 0 Å². The van der Waals surface area contributed by atoms with E-state index in [1.54, 1.807) is 6.07 Å². The number of ether oxygens (including phenoxy) is 2. The minimum atomic E-state index is -0.944. The van der Waals surface area contributed by atoms with Crippen LogP contribution in [0.25, 0.3) is 0 Å². The second-order valence-corrected chi connectivity index (χ2v) is 6.56. The van der Waals surface area contributed by atoms with Crippen LogP contribution in [0.3, 0.4) is 0 Å².